The first-order valence-electron chi connectivity index (χ1n) is 7.72. The van der Waals surface area contributed by atoms with Gasteiger partial charge in [0, 0.05) is 24.0 Å². The molecule has 3 N–H and O–H groups in total. The van der Waals surface area contributed by atoms with Crippen molar-refractivity contribution in [2.24, 2.45) is 5.14 Å². The Morgan fingerprint density at radius 1 is 1.07 bits per heavy atom. The number of nitrogens with zero attached hydrogens (tertiary/aromatic N) is 1. The Balaban J connectivity index is 2.31. The lowest BCUT2D eigenvalue weighted by atomic mass is 10.1. The Bertz CT molecular complexity index is 1140. The third-order valence-electron chi connectivity index (χ3n) is 3.85. The average molecular weight is 427 g/mol. The van der Waals surface area contributed by atoms with Crippen molar-refractivity contribution < 1.29 is 26.6 Å². The molecule has 0 spiro atoms. The van der Waals surface area contributed by atoms with Crippen molar-refractivity contribution in [1.82, 2.24) is 5.32 Å². The van der Waals surface area contributed by atoms with Crippen LogP contribution >= 0.6 is 0 Å². The molecule has 2 aromatic rings. The first-order valence-corrected chi connectivity index (χ1v) is 11.2. The summed E-state index contributed by atoms with van der Waals surface area (Å²) < 4.78 is 46.0. The molecule has 0 saturated carbocycles. The highest BCUT2D eigenvalue weighted by Gasteiger charge is 2.20. The topological polar surface area (TPSA) is 167 Å². The molecule has 1 atom stereocenters. The van der Waals surface area contributed by atoms with Gasteiger partial charge in [-0.3, -0.25) is 14.9 Å². The quantitative estimate of drug-likeness (QED) is 0.515. The van der Waals surface area contributed by atoms with Crippen LogP contribution in [0.5, 0.6) is 0 Å². The predicted molar refractivity (Wildman–Crippen MR) is 99.9 cm³/mol. The van der Waals surface area contributed by atoms with Crippen molar-refractivity contribution in [3.05, 3.63) is 63.7 Å². The number of nitrogens with two attached hydrogens (primary N) is 1. The second-order valence-electron chi connectivity index (χ2n) is 6.05. The molecule has 2 aromatic carbocycles. The molecule has 1 amide bonds. The SMILES string of the molecule is CC(NC(=O)c1cc([N+](=O)[O-])cc(S(C)(=O)=O)c1)c1ccc(S(N)(=O)=O)cc1. The van der Waals surface area contributed by atoms with Gasteiger partial charge < -0.3 is 5.32 Å². The van der Waals surface area contributed by atoms with Crippen molar-refractivity contribution in [2.75, 3.05) is 6.26 Å². The molecule has 0 saturated heterocycles. The summed E-state index contributed by atoms with van der Waals surface area (Å²) >= 11 is 0. The fourth-order valence-corrected chi connectivity index (χ4v) is 3.53. The number of hydrogen-bond donors (Lipinski definition) is 2. The number of sulfonamides is 1. The number of benzene rings is 2. The normalized spacial score (nSPS) is 13.0. The molecule has 0 aromatic heterocycles. The third-order valence-corrected chi connectivity index (χ3v) is 5.87. The monoisotopic (exact) mass is 427 g/mol. The van der Waals surface area contributed by atoms with Gasteiger partial charge in [-0.25, -0.2) is 22.0 Å². The summed E-state index contributed by atoms with van der Waals surface area (Å²) in [4.78, 5) is 22.3. The fraction of sp³-hybridized carbons (Fsp3) is 0.188. The molecule has 2 rings (SSSR count). The second kappa shape index (κ2) is 7.66. The summed E-state index contributed by atoms with van der Waals surface area (Å²) in [6.45, 7) is 1.61. The zero-order valence-corrected chi connectivity index (χ0v) is 16.5. The van der Waals surface area contributed by atoms with E-state index in [0.717, 1.165) is 24.5 Å². The molecule has 150 valence electrons. The second-order valence-corrected chi connectivity index (χ2v) is 9.63. The summed E-state index contributed by atoms with van der Waals surface area (Å²) in [5.41, 5.74) is -0.171. The van der Waals surface area contributed by atoms with E-state index in [4.69, 9.17) is 5.14 Å². The van der Waals surface area contributed by atoms with Gasteiger partial charge in [0.2, 0.25) is 10.0 Å². The summed E-state index contributed by atoms with van der Waals surface area (Å²) in [5.74, 6) is -0.725. The van der Waals surface area contributed by atoms with E-state index in [9.17, 15) is 31.7 Å². The molecule has 0 aliphatic rings. The Labute approximate surface area is 161 Å². The lowest BCUT2D eigenvalue weighted by Crippen LogP contribution is -2.27. The minimum atomic E-state index is -3.85. The summed E-state index contributed by atoms with van der Waals surface area (Å²) in [6.07, 6.45) is 0.878. The van der Waals surface area contributed by atoms with E-state index in [0.29, 0.717) is 5.56 Å². The van der Waals surface area contributed by atoms with Gasteiger partial charge in [0.15, 0.2) is 9.84 Å². The summed E-state index contributed by atoms with van der Waals surface area (Å²) in [6, 6.07) is 7.78. The van der Waals surface area contributed by atoms with E-state index in [1.807, 2.05) is 0 Å². The number of hydrogen-bond acceptors (Lipinski definition) is 7. The predicted octanol–water partition coefficient (Wildman–Crippen LogP) is 1.14. The zero-order valence-electron chi connectivity index (χ0n) is 14.8. The van der Waals surface area contributed by atoms with Gasteiger partial charge in [-0.15, -0.1) is 0 Å². The van der Waals surface area contributed by atoms with E-state index in [-0.39, 0.29) is 15.4 Å². The third kappa shape index (κ3) is 5.12. The van der Waals surface area contributed by atoms with Crippen LogP contribution in [0.15, 0.2) is 52.3 Å². The molecule has 0 aliphatic heterocycles. The van der Waals surface area contributed by atoms with Crippen LogP contribution in [-0.4, -0.2) is 33.9 Å². The smallest absolute Gasteiger partial charge is 0.271 e. The van der Waals surface area contributed by atoms with E-state index in [1.54, 1.807) is 6.92 Å². The Kier molecular flexibility index (Phi) is 5.87. The van der Waals surface area contributed by atoms with Crippen molar-refractivity contribution in [3.63, 3.8) is 0 Å². The molecule has 12 heteroatoms. The summed E-state index contributed by atoms with van der Waals surface area (Å²) in [7, 11) is -7.62. The van der Waals surface area contributed by atoms with Gasteiger partial charge >= 0.3 is 0 Å². The van der Waals surface area contributed by atoms with E-state index < -0.39 is 42.4 Å². The molecule has 0 bridgehead atoms. The van der Waals surface area contributed by atoms with Crippen LogP contribution in [0.1, 0.15) is 28.9 Å². The summed E-state index contributed by atoms with van der Waals surface area (Å²) in [5, 5.41) is 18.6. The van der Waals surface area contributed by atoms with Crippen molar-refractivity contribution in [1.29, 1.82) is 0 Å². The lowest BCUT2D eigenvalue weighted by Gasteiger charge is -2.15. The maximum atomic E-state index is 12.5. The molecule has 28 heavy (non-hydrogen) atoms. The minimum absolute atomic E-state index is 0.0914. The van der Waals surface area contributed by atoms with Crippen LogP contribution in [0.4, 0.5) is 5.69 Å². The van der Waals surface area contributed by atoms with Gasteiger partial charge in [0.25, 0.3) is 11.6 Å². The van der Waals surface area contributed by atoms with Crippen molar-refractivity contribution in [2.45, 2.75) is 22.8 Å². The minimum Gasteiger partial charge on any atom is -0.346 e. The molecule has 0 fully saturated rings. The van der Waals surface area contributed by atoms with Crippen LogP contribution in [0.2, 0.25) is 0 Å². The first-order chi connectivity index (χ1) is 12.8. The molecule has 10 nitrogen and oxygen atoms in total. The van der Waals surface area contributed by atoms with Gasteiger partial charge in [-0.2, -0.15) is 0 Å². The van der Waals surface area contributed by atoms with E-state index >= 15 is 0 Å². The molecule has 0 radical (unpaired) electrons. The van der Waals surface area contributed by atoms with Gasteiger partial charge in [-0.05, 0) is 30.7 Å². The van der Waals surface area contributed by atoms with Crippen molar-refractivity contribution in [3.8, 4) is 0 Å². The number of rotatable bonds is 6. The van der Waals surface area contributed by atoms with Gasteiger partial charge in [-0.1, -0.05) is 12.1 Å². The highest BCUT2D eigenvalue weighted by Crippen LogP contribution is 2.22. The van der Waals surface area contributed by atoms with Crippen LogP contribution in [0.25, 0.3) is 0 Å². The number of sulfone groups is 1. The van der Waals surface area contributed by atoms with Crippen molar-refractivity contribution >= 4 is 31.5 Å². The first kappa shape index (κ1) is 21.5. The van der Waals surface area contributed by atoms with Crippen LogP contribution in [0, 0.1) is 10.1 Å². The maximum absolute atomic E-state index is 12.5. The molecule has 0 heterocycles. The number of carbonyl (C=O) groups excluding carboxylic acids is 1. The number of amides is 1. The number of nitrogens with one attached hydrogen (secondary N) is 1. The Morgan fingerprint density at radius 3 is 2.11 bits per heavy atom. The largest absolute Gasteiger partial charge is 0.346 e. The Hall–Kier alpha value is -2.83. The Morgan fingerprint density at radius 2 is 1.64 bits per heavy atom. The number of nitro groups is 1. The van der Waals surface area contributed by atoms with E-state index in [2.05, 4.69) is 5.32 Å². The fourth-order valence-electron chi connectivity index (χ4n) is 2.34. The lowest BCUT2D eigenvalue weighted by molar-refractivity contribution is -0.385. The number of non-ortho nitro benzene ring substituents is 1. The molecular formula is C16H17N3O7S2. The highest BCUT2D eigenvalue weighted by atomic mass is 32.2. The molecule has 1 unspecified atom stereocenters. The zero-order chi connectivity index (χ0) is 21.3. The molecular weight excluding hydrogens is 410 g/mol. The number of primary sulfonamides is 1. The van der Waals surface area contributed by atoms with E-state index in [1.165, 1.54) is 24.3 Å². The molecule has 0 aliphatic carbocycles. The average Bonchev–Trinajstić information content (AvgIpc) is 2.59. The maximum Gasteiger partial charge on any atom is 0.271 e. The number of carbonyl (C=O) groups is 1. The number of nitro benzene ring substituents is 1. The van der Waals surface area contributed by atoms with Crippen LogP contribution in [-0.2, 0) is 19.9 Å². The van der Waals surface area contributed by atoms with Crippen LogP contribution < -0.4 is 10.5 Å². The van der Waals surface area contributed by atoms with Gasteiger partial charge in [0.1, 0.15) is 0 Å². The standard InChI is InChI=1S/C16H17N3O7S2/c1-10(11-3-5-14(6-4-11)28(17,25)26)18-16(20)12-7-13(19(21)22)9-15(8-12)27(2,23)24/h3-10H,1-2H3,(H,18,20)(H2,17,25,26). The van der Waals surface area contributed by atoms with Crippen LogP contribution in [0.3, 0.4) is 0 Å². The van der Waals surface area contributed by atoms with Gasteiger partial charge in [0.05, 0.1) is 20.8 Å². The highest BCUT2D eigenvalue weighted by molar-refractivity contribution is 7.90.